The molecule has 0 bridgehead atoms. The smallest absolute Gasteiger partial charge is 0.198 e. The highest BCUT2D eigenvalue weighted by molar-refractivity contribution is 5.97. The molecule has 1 unspecified atom stereocenters. The monoisotopic (exact) mass is 365 g/mol. The Morgan fingerprint density at radius 2 is 2.19 bits per heavy atom. The number of ether oxygens (including phenoxy) is 1. The highest BCUT2D eigenvalue weighted by Crippen LogP contribution is 2.27. The number of guanidine groups is 1. The standard InChI is InChI=1S/C21H27N5O/c1-16-15-25(11-12-27-16)20-13-17(7-9-23-20)14-24-21(22-2)26-10-8-18-5-3-4-6-19(18)26/h3-7,9,13,16H,8,10-12,14-15H2,1-2H3,(H,22,24). The molecular formula is C21H27N5O. The number of morpholine rings is 1. The van der Waals surface area contributed by atoms with Crippen LogP contribution in [0.2, 0.25) is 0 Å². The normalized spacial score (nSPS) is 19.9. The Bertz CT molecular complexity index is 822. The fourth-order valence-electron chi connectivity index (χ4n) is 3.80. The van der Waals surface area contributed by atoms with Gasteiger partial charge >= 0.3 is 0 Å². The van der Waals surface area contributed by atoms with Gasteiger partial charge in [-0.3, -0.25) is 4.99 Å². The average molecular weight is 365 g/mol. The van der Waals surface area contributed by atoms with Crippen LogP contribution in [0.5, 0.6) is 0 Å². The van der Waals surface area contributed by atoms with Crippen molar-refractivity contribution in [2.24, 2.45) is 4.99 Å². The molecule has 2 aromatic rings. The second-order valence-electron chi connectivity index (χ2n) is 7.08. The number of fused-ring (bicyclic) bond motifs is 1. The lowest BCUT2D eigenvalue weighted by Gasteiger charge is -2.32. The van der Waals surface area contributed by atoms with E-state index in [9.17, 15) is 0 Å². The fourth-order valence-corrected chi connectivity index (χ4v) is 3.80. The molecule has 0 saturated carbocycles. The van der Waals surface area contributed by atoms with E-state index >= 15 is 0 Å². The topological polar surface area (TPSA) is 53.0 Å². The van der Waals surface area contributed by atoms with Crippen LogP contribution in [0.3, 0.4) is 0 Å². The lowest BCUT2D eigenvalue weighted by molar-refractivity contribution is 0.0529. The van der Waals surface area contributed by atoms with Crippen LogP contribution in [0, 0.1) is 0 Å². The van der Waals surface area contributed by atoms with Gasteiger partial charge in [-0.25, -0.2) is 4.98 Å². The predicted octanol–water partition coefficient (Wildman–Crippen LogP) is 2.44. The zero-order valence-corrected chi connectivity index (χ0v) is 16.1. The van der Waals surface area contributed by atoms with Crippen LogP contribution in [0.25, 0.3) is 0 Å². The number of nitrogens with zero attached hydrogens (tertiary/aromatic N) is 4. The number of hydrogen-bond donors (Lipinski definition) is 1. The third kappa shape index (κ3) is 3.90. The summed E-state index contributed by atoms with van der Waals surface area (Å²) in [6.07, 6.45) is 3.20. The summed E-state index contributed by atoms with van der Waals surface area (Å²) in [5.41, 5.74) is 3.84. The molecule has 1 aromatic heterocycles. The van der Waals surface area contributed by atoms with E-state index in [1.807, 2.05) is 13.2 Å². The third-order valence-corrected chi connectivity index (χ3v) is 5.18. The SMILES string of the molecule is CN=C(NCc1ccnc(N2CCOC(C)C2)c1)N1CCc2ccccc21. The molecule has 27 heavy (non-hydrogen) atoms. The highest BCUT2D eigenvalue weighted by Gasteiger charge is 2.22. The quantitative estimate of drug-likeness (QED) is 0.669. The van der Waals surface area contributed by atoms with Gasteiger partial charge in [0.15, 0.2) is 5.96 Å². The Labute approximate surface area is 160 Å². The van der Waals surface area contributed by atoms with E-state index < -0.39 is 0 Å². The summed E-state index contributed by atoms with van der Waals surface area (Å²) < 4.78 is 5.64. The molecular weight excluding hydrogens is 338 g/mol. The van der Waals surface area contributed by atoms with Crippen molar-refractivity contribution >= 4 is 17.5 Å². The number of anilines is 2. The molecule has 1 N–H and O–H groups in total. The molecule has 142 valence electrons. The van der Waals surface area contributed by atoms with Gasteiger partial charge in [-0.1, -0.05) is 18.2 Å². The van der Waals surface area contributed by atoms with Crippen LogP contribution in [0.4, 0.5) is 11.5 Å². The molecule has 0 amide bonds. The maximum Gasteiger partial charge on any atom is 0.198 e. The van der Waals surface area contributed by atoms with E-state index in [-0.39, 0.29) is 6.10 Å². The molecule has 1 aromatic carbocycles. The first kappa shape index (κ1) is 17.8. The zero-order valence-electron chi connectivity index (χ0n) is 16.1. The minimum Gasteiger partial charge on any atom is -0.375 e. The Balaban J connectivity index is 1.43. The molecule has 0 aliphatic carbocycles. The van der Waals surface area contributed by atoms with Crippen LogP contribution in [0.1, 0.15) is 18.1 Å². The van der Waals surface area contributed by atoms with Crippen molar-refractivity contribution in [2.75, 3.05) is 43.1 Å². The first-order chi connectivity index (χ1) is 13.2. The van der Waals surface area contributed by atoms with Crippen LogP contribution >= 0.6 is 0 Å². The number of hydrogen-bond acceptors (Lipinski definition) is 4. The molecule has 6 nitrogen and oxygen atoms in total. The largest absolute Gasteiger partial charge is 0.375 e. The molecule has 1 fully saturated rings. The van der Waals surface area contributed by atoms with E-state index in [1.54, 1.807) is 0 Å². The number of para-hydroxylation sites is 1. The first-order valence-electron chi connectivity index (χ1n) is 9.62. The number of rotatable bonds is 3. The van der Waals surface area contributed by atoms with E-state index in [0.717, 1.165) is 51.0 Å². The number of aromatic nitrogens is 1. The average Bonchev–Trinajstić information content (AvgIpc) is 3.13. The predicted molar refractivity (Wildman–Crippen MR) is 110 cm³/mol. The minimum absolute atomic E-state index is 0.247. The summed E-state index contributed by atoms with van der Waals surface area (Å²) in [5, 5.41) is 3.51. The maximum absolute atomic E-state index is 5.64. The van der Waals surface area contributed by atoms with Crippen molar-refractivity contribution in [1.82, 2.24) is 10.3 Å². The Morgan fingerprint density at radius 3 is 3.04 bits per heavy atom. The van der Waals surface area contributed by atoms with Gasteiger partial charge in [0, 0.05) is 45.1 Å². The van der Waals surface area contributed by atoms with Crippen molar-refractivity contribution in [3.05, 3.63) is 53.7 Å². The molecule has 0 radical (unpaired) electrons. The molecule has 3 heterocycles. The Morgan fingerprint density at radius 1 is 1.30 bits per heavy atom. The van der Waals surface area contributed by atoms with E-state index in [2.05, 4.69) is 68.4 Å². The number of aliphatic imine (C=N–C) groups is 1. The van der Waals surface area contributed by atoms with Gasteiger partial charge < -0.3 is 19.9 Å². The lowest BCUT2D eigenvalue weighted by Crippen LogP contribution is -2.41. The summed E-state index contributed by atoms with van der Waals surface area (Å²) in [5.74, 6) is 1.93. The van der Waals surface area contributed by atoms with E-state index in [4.69, 9.17) is 4.74 Å². The van der Waals surface area contributed by atoms with Crippen molar-refractivity contribution in [3.8, 4) is 0 Å². The van der Waals surface area contributed by atoms with Gasteiger partial charge in [0.2, 0.25) is 0 Å². The van der Waals surface area contributed by atoms with Crippen molar-refractivity contribution in [1.29, 1.82) is 0 Å². The maximum atomic E-state index is 5.64. The molecule has 1 saturated heterocycles. The number of pyridine rings is 1. The molecule has 2 aliphatic heterocycles. The Hall–Kier alpha value is -2.60. The van der Waals surface area contributed by atoms with Gasteiger partial charge in [0.25, 0.3) is 0 Å². The second-order valence-corrected chi connectivity index (χ2v) is 7.08. The van der Waals surface area contributed by atoms with Crippen molar-refractivity contribution < 1.29 is 4.74 Å². The first-order valence-corrected chi connectivity index (χ1v) is 9.62. The Kier molecular flexibility index (Phi) is 5.25. The van der Waals surface area contributed by atoms with E-state index in [1.165, 1.54) is 16.8 Å². The van der Waals surface area contributed by atoms with Crippen LogP contribution in [-0.2, 0) is 17.7 Å². The highest BCUT2D eigenvalue weighted by atomic mass is 16.5. The molecule has 1 atom stereocenters. The lowest BCUT2D eigenvalue weighted by atomic mass is 10.2. The fraction of sp³-hybridized carbons (Fsp3) is 0.429. The van der Waals surface area contributed by atoms with Gasteiger partial charge in [-0.05, 0) is 42.7 Å². The third-order valence-electron chi connectivity index (χ3n) is 5.18. The summed E-state index contributed by atoms with van der Waals surface area (Å²) in [4.78, 5) is 13.6. The number of benzene rings is 1. The molecule has 0 spiro atoms. The molecule has 2 aliphatic rings. The summed E-state index contributed by atoms with van der Waals surface area (Å²) in [7, 11) is 1.84. The van der Waals surface area contributed by atoms with Gasteiger partial charge in [-0.2, -0.15) is 0 Å². The second kappa shape index (κ2) is 7.96. The van der Waals surface area contributed by atoms with Crippen molar-refractivity contribution in [2.45, 2.75) is 26.0 Å². The van der Waals surface area contributed by atoms with Crippen molar-refractivity contribution in [3.63, 3.8) is 0 Å². The van der Waals surface area contributed by atoms with Gasteiger partial charge in [0.1, 0.15) is 5.82 Å². The molecule has 6 heteroatoms. The molecule has 4 rings (SSSR count). The summed E-state index contributed by atoms with van der Waals surface area (Å²) in [6, 6.07) is 12.8. The van der Waals surface area contributed by atoms with Gasteiger partial charge in [0.05, 0.1) is 12.7 Å². The summed E-state index contributed by atoms with van der Waals surface area (Å²) in [6.45, 7) is 6.32. The summed E-state index contributed by atoms with van der Waals surface area (Å²) >= 11 is 0. The zero-order chi connectivity index (χ0) is 18.6. The van der Waals surface area contributed by atoms with Crippen LogP contribution < -0.4 is 15.1 Å². The number of nitrogens with one attached hydrogen (secondary N) is 1. The van der Waals surface area contributed by atoms with Crippen LogP contribution in [0.15, 0.2) is 47.6 Å². The van der Waals surface area contributed by atoms with Crippen LogP contribution in [-0.4, -0.2) is 50.3 Å². The van der Waals surface area contributed by atoms with Gasteiger partial charge in [-0.15, -0.1) is 0 Å². The van der Waals surface area contributed by atoms with E-state index in [0.29, 0.717) is 0 Å². The minimum atomic E-state index is 0.247.